The van der Waals surface area contributed by atoms with Crippen molar-refractivity contribution >= 4 is 71.1 Å². The van der Waals surface area contributed by atoms with Gasteiger partial charge >= 0.3 is 13.6 Å². The van der Waals surface area contributed by atoms with Crippen molar-refractivity contribution < 1.29 is 38.7 Å². The lowest BCUT2D eigenvalue weighted by Crippen LogP contribution is -2.71. The number of tetrazole rings is 1. The molecule has 0 bridgehead atoms. The molecule has 37 heavy (non-hydrogen) atoms. The number of oxime groups is 1. The van der Waals surface area contributed by atoms with Crippen molar-refractivity contribution in [1.82, 2.24) is 35.4 Å². The van der Waals surface area contributed by atoms with Gasteiger partial charge in [-0.3, -0.25) is 19.1 Å². The number of nitrogens with two attached hydrogens (primary N) is 1. The SMILES string of the molecule is Cn1nnnc1SCC1=C(C(=O)O)N2C(=O)C(NC(=O)/C(=N\OCP(=O)(O)O)c3csc(N)n3)[C@H]2SC1. The Hall–Kier alpha value is -3.03. The highest BCUT2D eigenvalue weighted by molar-refractivity contribution is 8.01. The maximum Gasteiger partial charge on any atom is 0.365 e. The summed E-state index contributed by atoms with van der Waals surface area (Å²) < 4.78 is 12.5. The Labute approximate surface area is 219 Å². The lowest BCUT2D eigenvalue weighted by molar-refractivity contribution is -0.150. The Morgan fingerprint density at radius 3 is 2.78 bits per heavy atom. The molecule has 4 rings (SSSR count). The number of nitrogen functional groups attached to an aromatic ring is 1. The number of nitrogens with zero attached hydrogens (tertiary/aromatic N) is 7. The van der Waals surface area contributed by atoms with Gasteiger partial charge in [-0.1, -0.05) is 16.9 Å². The van der Waals surface area contributed by atoms with Crippen LogP contribution in [0.2, 0.25) is 0 Å². The zero-order valence-corrected chi connectivity index (χ0v) is 22.0. The van der Waals surface area contributed by atoms with Crippen LogP contribution < -0.4 is 11.1 Å². The Morgan fingerprint density at radius 2 is 2.19 bits per heavy atom. The number of aromatic nitrogens is 5. The molecule has 2 aromatic rings. The van der Waals surface area contributed by atoms with Crippen molar-refractivity contribution in [2.75, 3.05) is 23.6 Å². The number of hydrogen-bond acceptors (Lipinski definition) is 14. The summed E-state index contributed by atoms with van der Waals surface area (Å²) in [6.07, 6.45) is -1.09. The summed E-state index contributed by atoms with van der Waals surface area (Å²) in [4.78, 5) is 65.5. The van der Waals surface area contributed by atoms with Crippen LogP contribution in [0.15, 0.2) is 27.0 Å². The first-order chi connectivity index (χ1) is 17.5. The third-order valence-corrected chi connectivity index (χ3v) is 8.42. The Bertz CT molecular complexity index is 1350. The standard InChI is InChI=1S/C16H18N9O8PS3/c1-24-16(20-22-23-24)37-3-6-2-35-13-9(12(27)25(13)10(6)14(28)29)19-11(26)8(7-4-36-15(17)18-7)21-33-5-34(30,31)32/h4,9,13H,2-3,5H2,1H3,(H2,17,18)(H,19,26)(H,28,29)(H2,30,31,32)/b21-8-/t9?,13-/m1/s1. The minimum atomic E-state index is -4.58. The quantitative estimate of drug-likeness (QED) is 0.0703. The average molecular weight is 592 g/mol. The van der Waals surface area contributed by atoms with Gasteiger partial charge in [0.25, 0.3) is 11.8 Å². The van der Waals surface area contributed by atoms with E-state index in [0.29, 0.717) is 10.7 Å². The van der Waals surface area contributed by atoms with Gasteiger partial charge in [-0.2, -0.15) is 0 Å². The van der Waals surface area contributed by atoms with Gasteiger partial charge in [0.2, 0.25) is 11.5 Å². The number of carboxylic acid groups (broad SMARTS) is 1. The number of carbonyl (C=O) groups excluding carboxylic acids is 2. The second-order valence-corrected chi connectivity index (χ2v) is 12.0. The van der Waals surface area contributed by atoms with Crippen molar-refractivity contribution in [2.45, 2.75) is 16.6 Å². The van der Waals surface area contributed by atoms with E-state index < -0.39 is 48.9 Å². The van der Waals surface area contributed by atoms with Gasteiger partial charge in [0.1, 0.15) is 22.8 Å². The molecule has 6 N–H and O–H groups in total. The van der Waals surface area contributed by atoms with Crippen LogP contribution in [0.4, 0.5) is 5.13 Å². The molecule has 2 aromatic heterocycles. The molecular formula is C16H18N9O8PS3. The van der Waals surface area contributed by atoms with Gasteiger partial charge in [0, 0.05) is 23.9 Å². The van der Waals surface area contributed by atoms with Crippen molar-refractivity contribution in [1.29, 1.82) is 0 Å². The van der Waals surface area contributed by atoms with E-state index in [2.05, 4.69) is 35.8 Å². The molecule has 0 aromatic carbocycles. The molecule has 2 aliphatic heterocycles. The number of amides is 2. The molecule has 0 radical (unpaired) electrons. The molecule has 17 nitrogen and oxygen atoms in total. The molecule has 1 saturated heterocycles. The van der Waals surface area contributed by atoms with Crippen LogP contribution in [0.5, 0.6) is 0 Å². The summed E-state index contributed by atoms with van der Waals surface area (Å²) in [5, 5.41) is 28.1. The molecule has 1 unspecified atom stereocenters. The fraction of sp³-hybridized carbons (Fsp3) is 0.375. The van der Waals surface area contributed by atoms with Crippen molar-refractivity contribution in [3.05, 3.63) is 22.3 Å². The summed E-state index contributed by atoms with van der Waals surface area (Å²) in [6.45, 7) is 0. The third kappa shape index (κ3) is 5.94. The van der Waals surface area contributed by atoms with Crippen LogP contribution in [0.1, 0.15) is 5.69 Å². The minimum Gasteiger partial charge on any atom is -0.477 e. The number of hydrogen-bond donors (Lipinski definition) is 5. The van der Waals surface area contributed by atoms with Gasteiger partial charge in [0.15, 0.2) is 10.8 Å². The van der Waals surface area contributed by atoms with Crippen molar-refractivity contribution in [3.63, 3.8) is 0 Å². The van der Waals surface area contributed by atoms with E-state index in [1.54, 1.807) is 7.05 Å². The maximum atomic E-state index is 13.0. The average Bonchev–Trinajstić information content (AvgIpc) is 3.44. The van der Waals surface area contributed by atoms with Crippen LogP contribution in [-0.2, 0) is 30.8 Å². The maximum absolute atomic E-state index is 13.0. The smallest absolute Gasteiger partial charge is 0.365 e. The molecule has 1 fully saturated rings. The topological polar surface area (TPSA) is 248 Å². The van der Waals surface area contributed by atoms with Crippen LogP contribution in [0, 0.1) is 0 Å². The molecule has 2 aliphatic rings. The van der Waals surface area contributed by atoms with E-state index >= 15 is 0 Å². The van der Waals surface area contributed by atoms with Gasteiger partial charge < -0.3 is 30.8 Å². The van der Waals surface area contributed by atoms with E-state index in [9.17, 15) is 24.1 Å². The number of anilines is 1. The lowest BCUT2D eigenvalue weighted by Gasteiger charge is -2.49. The molecule has 0 saturated carbocycles. The number of aryl methyl sites for hydroxylation is 1. The first kappa shape index (κ1) is 27.0. The van der Waals surface area contributed by atoms with Crippen LogP contribution in [0.3, 0.4) is 0 Å². The number of carboxylic acids is 1. The number of rotatable bonds is 10. The zero-order chi connectivity index (χ0) is 26.9. The number of aliphatic carboxylic acids is 1. The molecule has 2 amide bonds. The fourth-order valence-corrected chi connectivity index (χ4v) is 6.36. The van der Waals surface area contributed by atoms with Gasteiger partial charge in [-0.15, -0.1) is 28.2 Å². The summed E-state index contributed by atoms with van der Waals surface area (Å²) in [5.74, 6) is -2.36. The van der Waals surface area contributed by atoms with Gasteiger partial charge in [-0.05, 0) is 16.0 Å². The van der Waals surface area contributed by atoms with Crippen molar-refractivity contribution in [3.8, 4) is 0 Å². The number of β-lactam (4-membered cyclic amide) rings is 1. The molecule has 4 heterocycles. The first-order valence-corrected chi connectivity index (χ1v) is 14.7. The van der Waals surface area contributed by atoms with E-state index in [4.69, 9.17) is 15.5 Å². The van der Waals surface area contributed by atoms with Crippen LogP contribution >= 0.6 is 42.5 Å². The molecule has 21 heteroatoms. The van der Waals surface area contributed by atoms with Crippen molar-refractivity contribution in [2.24, 2.45) is 12.2 Å². The normalized spacial score (nSPS) is 19.9. The molecule has 0 spiro atoms. The van der Waals surface area contributed by atoms with E-state index in [-0.39, 0.29) is 28.0 Å². The van der Waals surface area contributed by atoms with Crippen LogP contribution in [0.25, 0.3) is 0 Å². The summed E-state index contributed by atoms with van der Waals surface area (Å²) >= 11 is 3.46. The van der Waals surface area contributed by atoms with E-state index in [0.717, 1.165) is 16.2 Å². The number of thiazole rings is 1. The van der Waals surface area contributed by atoms with Gasteiger partial charge in [-0.25, -0.2) is 14.5 Å². The number of nitrogens with one attached hydrogen (secondary N) is 1. The molecule has 2 atom stereocenters. The first-order valence-electron chi connectivity index (χ1n) is 9.98. The Kier molecular flexibility index (Phi) is 7.85. The largest absolute Gasteiger partial charge is 0.477 e. The fourth-order valence-electron chi connectivity index (χ4n) is 3.27. The van der Waals surface area contributed by atoms with Gasteiger partial charge in [0.05, 0.1) is 0 Å². The molecule has 0 aliphatic carbocycles. The highest BCUT2D eigenvalue weighted by Gasteiger charge is 2.54. The minimum absolute atomic E-state index is 0.0330. The Morgan fingerprint density at radius 1 is 1.43 bits per heavy atom. The highest BCUT2D eigenvalue weighted by Crippen LogP contribution is 2.41. The zero-order valence-electron chi connectivity index (χ0n) is 18.6. The third-order valence-electron chi connectivity index (χ3n) is 4.85. The predicted molar refractivity (Wildman–Crippen MR) is 130 cm³/mol. The predicted octanol–water partition coefficient (Wildman–Crippen LogP) is -1.36. The van der Waals surface area contributed by atoms with Crippen LogP contribution in [-0.4, -0.2) is 97.7 Å². The number of fused-ring (bicyclic) bond motifs is 1. The molecular weight excluding hydrogens is 573 g/mol. The second kappa shape index (κ2) is 10.8. The van der Waals surface area contributed by atoms with E-state index in [1.807, 2.05) is 0 Å². The monoisotopic (exact) mass is 591 g/mol. The summed E-state index contributed by atoms with van der Waals surface area (Å²) in [7, 11) is -2.94. The number of thioether (sulfide) groups is 2. The van der Waals surface area contributed by atoms with E-state index in [1.165, 1.54) is 33.6 Å². The number of carbonyl (C=O) groups is 3. The summed E-state index contributed by atoms with van der Waals surface area (Å²) in [6, 6.07) is -1.09. The Balaban J connectivity index is 1.50. The summed E-state index contributed by atoms with van der Waals surface area (Å²) in [5.41, 5.74) is 5.42. The molecule has 198 valence electrons. The highest BCUT2D eigenvalue weighted by atomic mass is 32.2. The second-order valence-electron chi connectivity index (χ2n) is 7.43. The lowest BCUT2D eigenvalue weighted by atomic mass is 10.0.